The number of sulfonamides is 1. The Morgan fingerprint density at radius 2 is 1.45 bits per heavy atom. The first-order chi connectivity index (χ1) is 23.4. The molecule has 0 aliphatic carbocycles. The minimum atomic E-state index is -4.01. The molecule has 0 aliphatic heterocycles. The number of carbonyl (C=O) groups is 3. The molecule has 5 aromatic carbocycles. The molecule has 0 saturated heterocycles. The van der Waals surface area contributed by atoms with Crippen molar-refractivity contribution >= 4 is 33.6 Å². The van der Waals surface area contributed by atoms with Crippen LogP contribution in [0.15, 0.2) is 120 Å². The van der Waals surface area contributed by atoms with Crippen LogP contribution >= 0.6 is 0 Å². The number of esters is 1. The minimum Gasteiger partial charge on any atom is -0.507 e. The molecule has 0 saturated carbocycles. The third-order valence-corrected chi connectivity index (χ3v) is 9.87. The van der Waals surface area contributed by atoms with E-state index in [0.717, 1.165) is 32.6 Å². The molecule has 10 nitrogen and oxygen atoms in total. The van der Waals surface area contributed by atoms with Gasteiger partial charge >= 0.3 is 11.9 Å². The van der Waals surface area contributed by atoms with Crippen molar-refractivity contribution in [1.82, 2.24) is 4.31 Å². The number of carboxylic acids is 1. The van der Waals surface area contributed by atoms with Gasteiger partial charge < -0.3 is 19.8 Å². The van der Waals surface area contributed by atoms with Crippen LogP contribution in [0.4, 0.5) is 5.69 Å². The van der Waals surface area contributed by atoms with Crippen molar-refractivity contribution in [3.05, 3.63) is 138 Å². The van der Waals surface area contributed by atoms with Crippen LogP contribution in [0, 0.1) is 6.92 Å². The molecule has 0 aromatic heterocycles. The lowest BCUT2D eigenvalue weighted by atomic mass is 9.90. The van der Waals surface area contributed by atoms with Gasteiger partial charge in [-0.25, -0.2) is 18.0 Å². The largest absolute Gasteiger partial charge is 0.507 e. The van der Waals surface area contributed by atoms with Crippen LogP contribution < -0.4 is 4.90 Å². The smallest absolute Gasteiger partial charge is 0.339 e. The first-order valence-corrected chi connectivity index (χ1v) is 16.6. The number of carbonyl (C=O) groups excluding carboxylic acids is 2. The Morgan fingerprint density at radius 3 is 2.06 bits per heavy atom. The highest BCUT2D eigenvalue weighted by atomic mass is 32.2. The Hall–Kier alpha value is -5.78. The van der Waals surface area contributed by atoms with E-state index in [-0.39, 0.29) is 22.7 Å². The number of aromatic carboxylic acids is 1. The van der Waals surface area contributed by atoms with E-state index in [4.69, 9.17) is 4.74 Å². The maximum atomic E-state index is 13.8. The highest BCUT2D eigenvalue weighted by Gasteiger charge is 2.27. The van der Waals surface area contributed by atoms with Crippen molar-refractivity contribution < 1.29 is 37.8 Å². The van der Waals surface area contributed by atoms with E-state index in [1.807, 2.05) is 55.5 Å². The van der Waals surface area contributed by atoms with Gasteiger partial charge in [0.1, 0.15) is 11.3 Å². The molecule has 0 fully saturated rings. The molecule has 0 unspecified atom stereocenters. The summed E-state index contributed by atoms with van der Waals surface area (Å²) in [5.41, 5.74) is 4.88. The Balaban J connectivity index is 1.49. The number of hydrogen-bond donors (Lipinski definition) is 2. The van der Waals surface area contributed by atoms with Gasteiger partial charge in [0.2, 0.25) is 15.9 Å². The summed E-state index contributed by atoms with van der Waals surface area (Å²) in [5, 5.41) is 19.9. The Bertz CT molecular complexity index is 2110. The van der Waals surface area contributed by atoms with Crippen molar-refractivity contribution in [2.45, 2.75) is 18.4 Å². The van der Waals surface area contributed by atoms with Gasteiger partial charge in [0.25, 0.3) is 0 Å². The van der Waals surface area contributed by atoms with Gasteiger partial charge in [0.15, 0.2) is 0 Å². The van der Waals surface area contributed by atoms with Gasteiger partial charge in [-0.3, -0.25) is 4.79 Å². The number of amides is 1. The molecule has 11 heteroatoms. The van der Waals surface area contributed by atoms with E-state index in [1.165, 1.54) is 43.3 Å². The van der Waals surface area contributed by atoms with Crippen LogP contribution in [-0.2, 0) is 26.1 Å². The molecular formula is C38H34N2O8S. The summed E-state index contributed by atoms with van der Waals surface area (Å²) >= 11 is 0. The lowest BCUT2D eigenvalue weighted by Gasteiger charge is -2.26. The van der Waals surface area contributed by atoms with Gasteiger partial charge in [0.05, 0.1) is 30.7 Å². The van der Waals surface area contributed by atoms with Crippen LogP contribution in [0.1, 0.15) is 31.8 Å². The van der Waals surface area contributed by atoms with Gasteiger partial charge in [-0.15, -0.1) is 0 Å². The number of phenols is 1. The molecule has 0 aliphatic rings. The highest BCUT2D eigenvalue weighted by Crippen LogP contribution is 2.36. The molecule has 1 amide bonds. The number of aromatic hydroxyl groups is 1. The summed E-state index contributed by atoms with van der Waals surface area (Å²) in [7, 11) is -1.38. The molecule has 0 atom stereocenters. The van der Waals surface area contributed by atoms with Crippen molar-refractivity contribution in [2.75, 3.05) is 25.6 Å². The predicted molar refractivity (Wildman–Crippen MR) is 186 cm³/mol. The zero-order valence-corrected chi connectivity index (χ0v) is 27.8. The van der Waals surface area contributed by atoms with E-state index >= 15 is 0 Å². The van der Waals surface area contributed by atoms with E-state index in [9.17, 15) is 33.0 Å². The fourth-order valence-electron chi connectivity index (χ4n) is 5.40. The quantitative estimate of drug-likeness (QED) is 0.154. The van der Waals surface area contributed by atoms with Crippen LogP contribution in [0.5, 0.6) is 5.75 Å². The average Bonchev–Trinajstić information content (AvgIpc) is 3.10. The molecule has 0 spiro atoms. The SMILES string of the molecule is COC(=O)c1cccc(-c2ccc(CN(C(=O)CN(C)S(=O)(=O)c3ccc(C)cc3)c3ccc(C(=O)O)c(O)c3)cc2)c1-c1ccccc1. The molecule has 5 rings (SSSR count). The number of nitrogens with zero attached hydrogens (tertiary/aromatic N) is 2. The van der Waals surface area contributed by atoms with Crippen molar-refractivity contribution in [2.24, 2.45) is 0 Å². The number of hydrogen-bond acceptors (Lipinski definition) is 7. The first-order valence-electron chi connectivity index (χ1n) is 15.2. The number of benzene rings is 5. The summed E-state index contributed by atoms with van der Waals surface area (Å²) < 4.78 is 32.6. The van der Waals surface area contributed by atoms with Crippen molar-refractivity contribution in [3.63, 3.8) is 0 Å². The van der Waals surface area contributed by atoms with E-state index in [1.54, 1.807) is 36.4 Å². The summed E-state index contributed by atoms with van der Waals surface area (Å²) in [6.45, 7) is 1.27. The second-order valence-electron chi connectivity index (χ2n) is 11.3. The zero-order chi connectivity index (χ0) is 35.3. The van der Waals surface area contributed by atoms with Crippen LogP contribution in [0.25, 0.3) is 22.3 Å². The standard InChI is InChI=1S/C38H34N2O8S/c1-25-12-19-30(20-13-25)49(46,47)39(2)24-35(42)40(29-18-21-32(37(43)44)34(41)22-29)23-26-14-16-27(17-15-26)31-10-7-11-33(38(45)48-3)36(31)28-8-5-4-6-9-28/h4-22,41H,23-24H2,1-3H3,(H,43,44). The number of carboxylic acid groups (broad SMARTS) is 1. The van der Waals surface area contributed by atoms with Crippen molar-refractivity contribution in [3.8, 4) is 28.0 Å². The monoisotopic (exact) mass is 678 g/mol. The molecule has 2 N–H and O–H groups in total. The van der Waals surface area contributed by atoms with Gasteiger partial charge in [-0.2, -0.15) is 4.31 Å². The maximum Gasteiger partial charge on any atom is 0.339 e. The molecule has 0 heterocycles. The van der Waals surface area contributed by atoms with E-state index in [2.05, 4.69) is 0 Å². The third kappa shape index (κ3) is 7.53. The van der Waals surface area contributed by atoms with Crippen molar-refractivity contribution in [1.29, 1.82) is 0 Å². The first kappa shape index (κ1) is 34.6. The van der Waals surface area contributed by atoms with Crippen LogP contribution in [0.2, 0.25) is 0 Å². The highest BCUT2D eigenvalue weighted by molar-refractivity contribution is 7.89. The number of anilines is 1. The normalized spacial score (nSPS) is 11.3. The van der Waals surface area contributed by atoms with Gasteiger partial charge in [-0.1, -0.05) is 84.4 Å². The second-order valence-corrected chi connectivity index (χ2v) is 13.4. The Labute approximate surface area is 284 Å². The maximum absolute atomic E-state index is 13.8. The molecule has 49 heavy (non-hydrogen) atoms. The molecule has 0 bridgehead atoms. The number of ether oxygens (including phenoxy) is 1. The average molecular weight is 679 g/mol. The fraction of sp³-hybridized carbons (Fsp3) is 0.132. The van der Waals surface area contributed by atoms with Crippen LogP contribution in [0.3, 0.4) is 0 Å². The lowest BCUT2D eigenvalue weighted by molar-refractivity contribution is -0.118. The van der Waals surface area contributed by atoms with E-state index < -0.39 is 40.2 Å². The molecule has 0 radical (unpaired) electrons. The number of aryl methyl sites for hydroxylation is 1. The summed E-state index contributed by atoms with van der Waals surface area (Å²) in [6.07, 6.45) is 0. The summed E-state index contributed by atoms with van der Waals surface area (Å²) in [5.74, 6) is -2.97. The Morgan fingerprint density at radius 1 is 0.776 bits per heavy atom. The lowest BCUT2D eigenvalue weighted by Crippen LogP contribution is -2.41. The summed E-state index contributed by atoms with van der Waals surface area (Å²) in [4.78, 5) is 39.4. The molecular weight excluding hydrogens is 644 g/mol. The zero-order valence-electron chi connectivity index (χ0n) is 27.0. The van der Waals surface area contributed by atoms with Gasteiger partial charge in [-0.05, 0) is 59.5 Å². The molecule has 250 valence electrons. The minimum absolute atomic E-state index is 0.0306. The Kier molecular flexibility index (Phi) is 10.3. The van der Waals surface area contributed by atoms with E-state index in [0.29, 0.717) is 16.7 Å². The topological polar surface area (TPSA) is 142 Å². The number of rotatable bonds is 11. The number of methoxy groups -OCH3 is 1. The second kappa shape index (κ2) is 14.5. The molecule has 5 aromatic rings. The number of likely N-dealkylation sites (N-methyl/N-ethyl adjacent to an activating group) is 1. The fourth-order valence-corrected chi connectivity index (χ4v) is 6.52. The third-order valence-electron chi connectivity index (χ3n) is 8.05. The van der Waals surface area contributed by atoms with Gasteiger partial charge in [0, 0.05) is 24.4 Å². The predicted octanol–water partition coefficient (Wildman–Crippen LogP) is 6.37. The summed E-state index contributed by atoms with van der Waals surface area (Å²) in [6, 6.07) is 32.1. The van der Waals surface area contributed by atoms with Crippen LogP contribution in [-0.4, -0.2) is 61.5 Å².